The second kappa shape index (κ2) is 5.07. The molecule has 1 fully saturated rings. The van der Waals surface area contributed by atoms with Crippen LogP contribution in [0.3, 0.4) is 0 Å². The van der Waals surface area contributed by atoms with Crippen molar-refractivity contribution in [1.29, 1.82) is 5.26 Å². The van der Waals surface area contributed by atoms with Crippen molar-refractivity contribution in [2.45, 2.75) is 6.10 Å². The smallest absolute Gasteiger partial charge is 0.339 e. The Balaban J connectivity index is 2.21. The standard InChI is InChI=1S/C13H14N2O3/c1-17-11-7-15(8-11)10-3-4-12(13(16)18-2)9(5-10)6-14/h3-5,11H,7-8H2,1-2H3. The molecule has 0 N–H and O–H groups in total. The summed E-state index contributed by atoms with van der Waals surface area (Å²) in [6.45, 7) is 1.61. The summed E-state index contributed by atoms with van der Waals surface area (Å²) in [4.78, 5) is 13.5. The molecule has 0 aliphatic carbocycles. The molecule has 1 aromatic carbocycles. The number of carbonyl (C=O) groups is 1. The fraction of sp³-hybridized carbons (Fsp3) is 0.385. The van der Waals surface area contributed by atoms with Gasteiger partial charge in [0.2, 0.25) is 0 Å². The van der Waals surface area contributed by atoms with Crippen LogP contribution in [-0.2, 0) is 9.47 Å². The maximum absolute atomic E-state index is 11.4. The molecule has 2 rings (SSSR count). The van der Waals surface area contributed by atoms with Gasteiger partial charge in [0.15, 0.2) is 0 Å². The lowest BCUT2D eigenvalue weighted by atomic mass is 10.0. The van der Waals surface area contributed by atoms with Crippen molar-refractivity contribution in [2.75, 3.05) is 32.2 Å². The first-order chi connectivity index (χ1) is 8.69. The summed E-state index contributed by atoms with van der Waals surface area (Å²) >= 11 is 0. The third-order valence-corrected chi connectivity index (χ3v) is 3.08. The van der Waals surface area contributed by atoms with Crippen LogP contribution >= 0.6 is 0 Å². The highest BCUT2D eigenvalue weighted by Crippen LogP contribution is 2.25. The van der Waals surface area contributed by atoms with Gasteiger partial charge < -0.3 is 14.4 Å². The molecule has 0 saturated carbocycles. The van der Waals surface area contributed by atoms with Gasteiger partial charge in [0, 0.05) is 25.9 Å². The molecule has 1 aliphatic heterocycles. The van der Waals surface area contributed by atoms with E-state index in [9.17, 15) is 4.79 Å². The van der Waals surface area contributed by atoms with E-state index in [-0.39, 0.29) is 6.10 Å². The molecule has 1 heterocycles. The summed E-state index contributed by atoms with van der Waals surface area (Å²) in [6.07, 6.45) is 0.246. The fourth-order valence-electron chi connectivity index (χ4n) is 1.91. The molecular formula is C13H14N2O3. The van der Waals surface area contributed by atoms with Crippen LogP contribution < -0.4 is 4.90 Å². The minimum absolute atomic E-state index is 0.246. The number of rotatable bonds is 3. The number of hydrogen-bond acceptors (Lipinski definition) is 5. The van der Waals surface area contributed by atoms with Crippen molar-refractivity contribution >= 4 is 11.7 Å². The Hall–Kier alpha value is -2.06. The number of nitrogens with zero attached hydrogens (tertiary/aromatic N) is 2. The molecule has 1 saturated heterocycles. The van der Waals surface area contributed by atoms with E-state index in [2.05, 4.69) is 9.64 Å². The molecule has 18 heavy (non-hydrogen) atoms. The molecule has 0 aromatic heterocycles. The molecule has 5 nitrogen and oxygen atoms in total. The Bertz CT molecular complexity index is 501. The lowest BCUT2D eigenvalue weighted by molar-refractivity contribution is 0.0600. The third-order valence-electron chi connectivity index (χ3n) is 3.08. The molecule has 0 atom stereocenters. The zero-order chi connectivity index (χ0) is 13.1. The van der Waals surface area contributed by atoms with Gasteiger partial charge in [-0.05, 0) is 18.2 Å². The van der Waals surface area contributed by atoms with Gasteiger partial charge >= 0.3 is 5.97 Å². The van der Waals surface area contributed by atoms with E-state index < -0.39 is 5.97 Å². The predicted octanol–water partition coefficient (Wildman–Crippen LogP) is 1.18. The summed E-state index contributed by atoms with van der Waals surface area (Å²) in [5.41, 5.74) is 1.56. The Morgan fingerprint density at radius 1 is 1.44 bits per heavy atom. The van der Waals surface area contributed by atoms with Crippen LogP contribution in [0.15, 0.2) is 18.2 Å². The minimum atomic E-state index is -0.489. The Morgan fingerprint density at radius 2 is 2.17 bits per heavy atom. The molecule has 0 radical (unpaired) electrons. The molecule has 5 heteroatoms. The fourth-order valence-corrected chi connectivity index (χ4v) is 1.91. The first-order valence-corrected chi connectivity index (χ1v) is 5.59. The number of hydrogen-bond donors (Lipinski definition) is 0. The lowest BCUT2D eigenvalue weighted by Crippen LogP contribution is -2.51. The largest absolute Gasteiger partial charge is 0.465 e. The predicted molar refractivity (Wildman–Crippen MR) is 65.5 cm³/mol. The maximum Gasteiger partial charge on any atom is 0.339 e. The average Bonchev–Trinajstić information content (AvgIpc) is 2.36. The van der Waals surface area contributed by atoms with Gasteiger partial charge in [0.25, 0.3) is 0 Å². The number of benzene rings is 1. The highest BCUT2D eigenvalue weighted by Gasteiger charge is 2.27. The van der Waals surface area contributed by atoms with Crippen LogP contribution in [0.25, 0.3) is 0 Å². The quantitative estimate of drug-likeness (QED) is 0.749. The van der Waals surface area contributed by atoms with Crippen molar-refractivity contribution in [2.24, 2.45) is 0 Å². The second-order valence-electron chi connectivity index (χ2n) is 4.10. The van der Waals surface area contributed by atoms with Crippen molar-refractivity contribution < 1.29 is 14.3 Å². The first kappa shape index (κ1) is 12.4. The number of esters is 1. The first-order valence-electron chi connectivity index (χ1n) is 5.59. The van der Waals surface area contributed by atoms with E-state index in [1.54, 1.807) is 19.2 Å². The maximum atomic E-state index is 11.4. The minimum Gasteiger partial charge on any atom is -0.465 e. The summed E-state index contributed by atoms with van der Waals surface area (Å²) in [5, 5.41) is 9.06. The van der Waals surface area contributed by atoms with Crippen LogP contribution in [0.4, 0.5) is 5.69 Å². The molecule has 0 spiro atoms. The zero-order valence-electron chi connectivity index (χ0n) is 10.3. The number of anilines is 1. The number of methoxy groups -OCH3 is 2. The van der Waals surface area contributed by atoms with Crippen LogP contribution in [0.1, 0.15) is 15.9 Å². The summed E-state index contributed by atoms with van der Waals surface area (Å²) in [7, 11) is 2.99. The van der Waals surface area contributed by atoms with E-state index in [1.807, 2.05) is 12.1 Å². The monoisotopic (exact) mass is 246 g/mol. The summed E-state index contributed by atoms with van der Waals surface area (Å²) in [5.74, 6) is -0.489. The van der Waals surface area contributed by atoms with Gasteiger partial charge in [0.1, 0.15) is 6.07 Å². The van der Waals surface area contributed by atoms with Gasteiger partial charge in [-0.15, -0.1) is 0 Å². The van der Waals surface area contributed by atoms with E-state index in [4.69, 9.17) is 10.00 Å². The van der Waals surface area contributed by atoms with Gasteiger partial charge in [-0.25, -0.2) is 4.79 Å². The number of ether oxygens (including phenoxy) is 2. The zero-order valence-corrected chi connectivity index (χ0v) is 10.3. The van der Waals surface area contributed by atoms with Crippen LogP contribution in [0.2, 0.25) is 0 Å². The van der Waals surface area contributed by atoms with Crippen molar-refractivity contribution in [1.82, 2.24) is 0 Å². The van der Waals surface area contributed by atoms with Gasteiger partial charge in [-0.3, -0.25) is 0 Å². The topological polar surface area (TPSA) is 62.6 Å². The molecule has 0 bridgehead atoms. The van der Waals surface area contributed by atoms with Crippen LogP contribution in [-0.4, -0.2) is 39.4 Å². The van der Waals surface area contributed by atoms with Gasteiger partial charge in [0.05, 0.1) is 24.3 Å². The molecular weight excluding hydrogens is 232 g/mol. The molecule has 94 valence electrons. The molecule has 0 amide bonds. The van der Waals surface area contributed by atoms with Gasteiger partial charge in [-0.2, -0.15) is 5.26 Å². The molecule has 0 unspecified atom stereocenters. The van der Waals surface area contributed by atoms with Crippen molar-refractivity contribution in [3.8, 4) is 6.07 Å². The van der Waals surface area contributed by atoms with Crippen LogP contribution in [0, 0.1) is 11.3 Å². The van der Waals surface area contributed by atoms with Crippen molar-refractivity contribution in [3.05, 3.63) is 29.3 Å². The number of carbonyl (C=O) groups excluding carboxylic acids is 1. The van der Waals surface area contributed by atoms with Crippen molar-refractivity contribution in [3.63, 3.8) is 0 Å². The van der Waals surface area contributed by atoms with E-state index >= 15 is 0 Å². The normalized spacial score (nSPS) is 14.8. The summed E-state index contributed by atoms with van der Waals surface area (Å²) in [6, 6.07) is 7.17. The number of nitriles is 1. The van der Waals surface area contributed by atoms with E-state index in [0.29, 0.717) is 11.1 Å². The Morgan fingerprint density at radius 3 is 2.72 bits per heavy atom. The molecule has 1 aromatic rings. The Labute approximate surface area is 106 Å². The highest BCUT2D eigenvalue weighted by atomic mass is 16.5. The lowest BCUT2D eigenvalue weighted by Gasteiger charge is -2.40. The average molecular weight is 246 g/mol. The van der Waals surface area contributed by atoms with Crippen LogP contribution in [0.5, 0.6) is 0 Å². The third kappa shape index (κ3) is 2.15. The van der Waals surface area contributed by atoms with E-state index in [1.165, 1.54) is 7.11 Å². The molecule has 1 aliphatic rings. The SMILES string of the molecule is COC(=O)c1ccc(N2CC(OC)C2)cc1C#N. The summed E-state index contributed by atoms with van der Waals surface area (Å²) < 4.78 is 9.82. The van der Waals surface area contributed by atoms with E-state index in [0.717, 1.165) is 18.8 Å². The van der Waals surface area contributed by atoms with Gasteiger partial charge in [-0.1, -0.05) is 0 Å². The Kier molecular flexibility index (Phi) is 3.49. The second-order valence-corrected chi connectivity index (χ2v) is 4.10. The highest BCUT2D eigenvalue weighted by molar-refractivity contribution is 5.92.